The van der Waals surface area contributed by atoms with Crippen LogP contribution in [0.1, 0.15) is 37.3 Å². The molecule has 1 atom stereocenters. The summed E-state index contributed by atoms with van der Waals surface area (Å²) in [7, 11) is 1.79. The Hall–Kier alpha value is -2.02. The number of aryl methyl sites for hydroxylation is 1. The predicted octanol–water partition coefficient (Wildman–Crippen LogP) is 0.404. The summed E-state index contributed by atoms with van der Waals surface area (Å²) in [6.07, 6.45) is 4.98. The van der Waals surface area contributed by atoms with E-state index in [1.165, 1.54) is 6.33 Å². The van der Waals surface area contributed by atoms with Crippen LogP contribution in [0.4, 0.5) is 0 Å². The Morgan fingerprint density at radius 1 is 1.42 bits per heavy atom. The highest BCUT2D eigenvalue weighted by Gasteiger charge is 2.20. The van der Waals surface area contributed by atoms with Crippen LogP contribution < -0.4 is 5.73 Å². The third-order valence-corrected chi connectivity index (χ3v) is 2.90. The summed E-state index contributed by atoms with van der Waals surface area (Å²) in [5.41, 5.74) is 6.65. The molecule has 0 saturated heterocycles. The summed E-state index contributed by atoms with van der Waals surface area (Å²) in [6, 6.07) is -0.508. The smallest absolute Gasteiger partial charge is 0.161 e. The van der Waals surface area contributed by atoms with Crippen LogP contribution in [0.2, 0.25) is 0 Å². The number of aromatic nitrogens is 5. The zero-order valence-electron chi connectivity index (χ0n) is 11.3. The van der Waals surface area contributed by atoms with Crippen LogP contribution in [0, 0.1) is 0 Å². The van der Waals surface area contributed by atoms with Crippen LogP contribution in [0.5, 0.6) is 0 Å². The normalized spacial score (nSPS) is 12.9. The van der Waals surface area contributed by atoms with Gasteiger partial charge in [-0.25, -0.2) is 9.67 Å². The lowest BCUT2D eigenvalue weighted by Crippen LogP contribution is -2.24. The third-order valence-electron chi connectivity index (χ3n) is 2.90. The summed E-state index contributed by atoms with van der Waals surface area (Å²) in [6.45, 7) is 3.98. The van der Waals surface area contributed by atoms with Gasteiger partial charge in [0.1, 0.15) is 12.2 Å². The highest BCUT2D eigenvalue weighted by molar-refractivity contribution is 5.86. The van der Waals surface area contributed by atoms with Crippen LogP contribution in [0.15, 0.2) is 18.7 Å². The first-order chi connectivity index (χ1) is 8.99. The monoisotopic (exact) mass is 262 g/mol. The zero-order chi connectivity index (χ0) is 14.0. The van der Waals surface area contributed by atoms with E-state index in [1.807, 2.05) is 13.8 Å². The predicted molar refractivity (Wildman–Crippen MR) is 69.3 cm³/mol. The molecule has 102 valence electrons. The second-order valence-corrected chi connectivity index (χ2v) is 4.78. The van der Waals surface area contributed by atoms with Crippen LogP contribution >= 0.6 is 0 Å². The molecule has 7 heteroatoms. The van der Waals surface area contributed by atoms with Gasteiger partial charge < -0.3 is 5.73 Å². The van der Waals surface area contributed by atoms with Gasteiger partial charge in [-0.2, -0.15) is 10.2 Å². The van der Waals surface area contributed by atoms with E-state index in [9.17, 15) is 4.79 Å². The van der Waals surface area contributed by atoms with Gasteiger partial charge in [-0.05, 0) is 13.8 Å². The van der Waals surface area contributed by atoms with Gasteiger partial charge in [-0.3, -0.25) is 9.48 Å². The quantitative estimate of drug-likeness (QED) is 0.842. The minimum Gasteiger partial charge on any atom is -0.318 e. The number of carbonyl (C=O) groups excluding carboxylic acids is 1. The molecule has 0 radical (unpaired) electrons. The van der Waals surface area contributed by atoms with Crippen molar-refractivity contribution in [1.29, 1.82) is 0 Å². The maximum atomic E-state index is 12.2. The van der Waals surface area contributed by atoms with Gasteiger partial charge in [-0.15, -0.1) is 0 Å². The number of rotatable bonds is 5. The van der Waals surface area contributed by atoms with E-state index in [0.29, 0.717) is 11.4 Å². The lowest BCUT2D eigenvalue weighted by atomic mass is 10.0. The van der Waals surface area contributed by atoms with Gasteiger partial charge in [0.05, 0.1) is 18.7 Å². The molecule has 0 fully saturated rings. The number of hydrogen-bond acceptors (Lipinski definition) is 5. The Balaban J connectivity index is 2.10. The average molecular weight is 262 g/mol. The first-order valence-corrected chi connectivity index (χ1v) is 6.14. The Bertz CT molecular complexity index is 570. The molecule has 2 rings (SSSR count). The SMILES string of the molecule is CC(C)n1ncnc1CC(=O)C(N)c1cnn(C)c1. The molecule has 0 aliphatic carbocycles. The molecule has 2 N–H and O–H groups in total. The molecule has 19 heavy (non-hydrogen) atoms. The Labute approximate surface area is 111 Å². The van der Waals surface area contributed by atoms with Crippen molar-refractivity contribution in [2.45, 2.75) is 32.4 Å². The Kier molecular flexibility index (Phi) is 3.75. The zero-order valence-corrected chi connectivity index (χ0v) is 11.3. The molecule has 0 saturated carbocycles. The first kappa shape index (κ1) is 13.4. The number of Topliss-reactive ketones (excluding diaryl/α,β-unsaturated/α-hetero) is 1. The highest BCUT2D eigenvalue weighted by Crippen LogP contribution is 2.13. The van der Waals surface area contributed by atoms with E-state index in [0.717, 1.165) is 0 Å². The van der Waals surface area contributed by atoms with Gasteiger partial charge in [0, 0.05) is 24.8 Å². The second-order valence-electron chi connectivity index (χ2n) is 4.78. The molecule has 0 aliphatic heterocycles. The molecule has 7 nitrogen and oxygen atoms in total. The van der Waals surface area contributed by atoms with Crippen molar-refractivity contribution in [3.8, 4) is 0 Å². The van der Waals surface area contributed by atoms with E-state index in [2.05, 4.69) is 15.2 Å². The number of carbonyl (C=O) groups is 1. The molecule has 0 aliphatic rings. The number of nitrogens with two attached hydrogens (primary N) is 1. The lowest BCUT2D eigenvalue weighted by molar-refractivity contribution is -0.119. The number of ketones is 1. The second kappa shape index (κ2) is 5.31. The van der Waals surface area contributed by atoms with E-state index in [-0.39, 0.29) is 18.2 Å². The van der Waals surface area contributed by atoms with Gasteiger partial charge in [-0.1, -0.05) is 0 Å². The highest BCUT2D eigenvalue weighted by atomic mass is 16.1. The summed E-state index contributed by atoms with van der Waals surface area (Å²) >= 11 is 0. The van der Waals surface area contributed by atoms with E-state index >= 15 is 0 Å². The van der Waals surface area contributed by atoms with Crippen molar-refractivity contribution < 1.29 is 4.79 Å². The summed E-state index contributed by atoms with van der Waals surface area (Å²) in [5, 5.41) is 8.12. The molecular formula is C12H18N6O. The number of nitrogens with zero attached hydrogens (tertiary/aromatic N) is 5. The molecule has 0 spiro atoms. The third kappa shape index (κ3) is 2.87. The topological polar surface area (TPSA) is 91.6 Å². The summed E-state index contributed by atoms with van der Waals surface area (Å²) < 4.78 is 3.35. The van der Waals surface area contributed by atoms with E-state index in [4.69, 9.17) is 5.73 Å². The summed E-state index contributed by atoms with van der Waals surface area (Å²) in [5.74, 6) is 0.544. The van der Waals surface area contributed by atoms with Gasteiger partial charge in [0.25, 0.3) is 0 Å². The van der Waals surface area contributed by atoms with Crippen molar-refractivity contribution in [2.24, 2.45) is 12.8 Å². The van der Waals surface area contributed by atoms with Gasteiger partial charge in [0.15, 0.2) is 5.78 Å². The molecule has 0 amide bonds. The maximum absolute atomic E-state index is 12.2. The van der Waals surface area contributed by atoms with Gasteiger partial charge >= 0.3 is 0 Å². The molecule has 2 heterocycles. The Morgan fingerprint density at radius 3 is 2.74 bits per heavy atom. The lowest BCUT2D eigenvalue weighted by Gasteiger charge is -2.11. The molecule has 0 bridgehead atoms. The van der Waals surface area contributed by atoms with Crippen LogP contribution in [0.3, 0.4) is 0 Å². The minimum atomic E-state index is -0.675. The summed E-state index contributed by atoms with van der Waals surface area (Å²) in [4.78, 5) is 16.3. The van der Waals surface area contributed by atoms with Crippen molar-refractivity contribution in [3.63, 3.8) is 0 Å². The fourth-order valence-electron chi connectivity index (χ4n) is 1.88. The van der Waals surface area contributed by atoms with E-state index in [1.54, 1.807) is 28.8 Å². The molecule has 2 aromatic rings. The first-order valence-electron chi connectivity index (χ1n) is 6.14. The van der Waals surface area contributed by atoms with Crippen LogP contribution in [-0.4, -0.2) is 30.3 Å². The van der Waals surface area contributed by atoms with E-state index < -0.39 is 6.04 Å². The Morgan fingerprint density at radius 2 is 2.16 bits per heavy atom. The standard InChI is InChI=1S/C12H18N6O/c1-8(2)18-11(14-7-16-18)4-10(19)12(13)9-5-15-17(3)6-9/h5-8,12H,4,13H2,1-3H3. The van der Waals surface area contributed by atoms with Crippen molar-refractivity contribution in [1.82, 2.24) is 24.5 Å². The molecular weight excluding hydrogens is 244 g/mol. The molecule has 0 aromatic carbocycles. The van der Waals surface area contributed by atoms with Crippen molar-refractivity contribution in [2.75, 3.05) is 0 Å². The molecule has 1 unspecified atom stereocenters. The number of hydrogen-bond donors (Lipinski definition) is 1. The average Bonchev–Trinajstić information content (AvgIpc) is 2.97. The van der Waals surface area contributed by atoms with Crippen molar-refractivity contribution in [3.05, 3.63) is 30.1 Å². The minimum absolute atomic E-state index is 0.0945. The van der Waals surface area contributed by atoms with Gasteiger partial charge in [0.2, 0.25) is 0 Å². The maximum Gasteiger partial charge on any atom is 0.161 e. The van der Waals surface area contributed by atoms with Crippen LogP contribution in [0.25, 0.3) is 0 Å². The largest absolute Gasteiger partial charge is 0.318 e. The molecule has 2 aromatic heterocycles. The fourth-order valence-corrected chi connectivity index (χ4v) is 1.88. The van der Waals surface area contributed by atoms with Crippen LogP contribution in [-0.2, 0) is 18.3 Å². The fraction of sp³-hybridized carbons (Fsp3) is 0.500. The van der Waals surface area contributed by atoms with Crippen molar-refractivity contribution >= 4 is 5.78 Å².